The van der Waals surface area contributed by atoms with Crippen LogP contribution in [0.15, 0.2) is 18.2 Å². The summed E-state index contributed by atoms with van der Waals surface area (Å²) in [4.78, 5) is 21.1. The van der Waals surface area contributed by atoms with Crippen LogP contribution in [0.4, 0.5) is 0 Å². The Morgan fingerprint density at radius 1 is 1.50 bits per heavy atom. The van der Waals surface area contributed by atoms with Crippen molar-refractivity contribution in [2.45, 2.75) is 6.92 Å². The average molecular weight is 163 g/mol. The smallest absolute Gasteiger partial charge is 0.248 e. The lowest BCUT2D eigenvalue weighted by Crippen LogP contribution is -2.12. The number of rotatable bonds is 2. The first kappa shape index (κ1) is 8.46. The van der Waals surface area contributed by atoms with Crippen molar-refractivity contribution in [2.75, 3.05) is 0 Å². The molecule has 0 bridgehead atoms. The lowest BCUT2D eigenvalue weighted by molar-refractivity contribution is 0.0998. The zero-order chi connectivity index (χ0) is 9.14. The monoisotopic (exact) mass is 163 g/mol. The number of aryl methyl sites for hydroxylation is 1. The molecule has 0 saturated carbocycles. The van der Waals surface area contributed by atoms with Crippen molar-refractivity contribution < 1.29 is 9.59 Å². The third kappa shape index (κ3) is 1.50. The van der Waals surface area contributed by atoms with Gasteiger partial charge in [0.2, 0.25) is 5.91 Å². The topological polar surface area (TPSA) is 60.2 Å². The van der Waals surface area contributed by atoms with Crippen LogP contribution in [0.1, 0.15) is 26.3 Å². The fourth-order valence-corrected chi connectivity index (χ4v) is 1.04. The average Bonchev–Trinajstić information content (AvgIpc) is 2.03. The van der Waals surface area contributed by atoms with E-state index >= 15 is 0 Å². The summed E-state index contributed by atoms with van der Waals surface area (Å²) in [6, 6.07) is 4.76. The van der Waals surface area contributed by atoms with Gasteiger partial charge in [-0.2, -0.15) is 0 Å². The summed E-state index contributed by atoms with van der Waals surface area (Å²) in [5.41, 5.74) is 6.82. The van der Waals surface area contributed by atoms with Crippen LogP contribution in [0.25, 0.3) is 0 Å². The van der Waals surface area contributed by atoms with Crippen molar-refractivity contribution in [3.8, 4) is 0 Å². The van der Waals surface area contributed by atoms with E-state index in [1.165, 1.54) is 0 Å². The summed E-state index contributed by atoms with van der Waals surface area (Å²) < 4.78 is 0. The zero-order valence-corrected chi connectivity index (χ0v) is 6.70. The van der Waals surface area contributed by atoms with Crippen molar-refractivity contribution >= 4 is 12.2 Å². The van der Waals surface area contributed by atoms with Gasteiger partial charge in [0.1, 0.15) is 6.29 Å². The van der Waals surface area contributed by atoms with Crippen LogP contribution in [0.3, 0.4) is 0 Å². The van der Waals surface area contributed by atoms with E-state index in [0.717, 1.165) is 11.8 Å². The van der Waals surface area contributed by atoms with Gasteiger partial charge in [-0.15, -0.1) is 0 Å². The highest BCUT2D eigenvalue weighted by molar-refractivity contribution is 5.95. The molecule has 2 N–H and O–H groups in total. The van der Waals surface area contributed by atoms with E-state index < -0.39 is 5.91 Å². The Morgan fingerprint density at radius 3 is 2.58 bits per heavy atom. The predicted molar refractivity (Wildman–Crippen MR) is 45.1 cm³/mol. The maximum absolute atomic E-state index is 10.8. The Kier molecular flexibility index (Phi) is 2.24. The molecule has 1 amide bonds. The van der Waals surface area contributed by atoms with Crippen molar-refractivity contribution in [3.05, 3.63) is 34.9 Å². The predicted octanol–water partition coefficient (Wildman–Crippen LogP) is 0.906. The molecule has 0 saturated heterocycles. The number of carbonyl (C=O) groups excluding carboxylic acids is 2. The first-order chi connectivity index (χ1) is 5.65. The summed E-state index contributed by atoms with van der Waals surface area (Å²) in [5.74, 6) is -0.468. The molecule has 0 spiro atoms. The van der Waals surface area contributed by atoms with E-state index in [9.17, 15) is 9.59 Å². The van der Waals surface area contributed by atoms with E-state index in [4.69, 9.17) is 5.73 Å². The fraction of sp³-hybridized carbons (Fsp3) is 0.111. The van der Waals surface area contributed by atoms with E-state index in [0.29, 0.717) is 11.1 Å². The Balaban J connectivity index is 3.20. The van der Waals surface area contributed by atoms with Crippen LogP contribution < -0.4 is 5.73 Å². The molecule has 0 aromatic heterocycles. The van der Waals surface area contributed by atoms with E-state index in [1.54, 1.807) is 25.1 Å². The van der Waals surface area contributed by atoms with Crippen LogP contribution in [-0.2, 0) is 0 Å². The van der Waals surface area contributed by atoms with E-state index in [-0.39, 0.29) is 0 Å². The number of hydrogen-bond acceptors (Lipinski definition) is 2. The second-order valence-electron chi connectivity index (χ2n) is 2.56. The Hall–Kier alpha value is -1.64. The molecule has 0 heterocycles. The van der Waals surface area contributed by atoms with Crippen molar-refractivity contribution in [2.24, 2.45) is 5.73 Å². The molecule has 62 valence electrons. The molecular weight excluding hydrogens is 154 g/mol. The molecule has 1 aromatic carbocycles. The molecule has 0 unspecified atom stereocenters. The van der Waals surface area contributed by atoms with Gasteiger partial charge in [-0.05, 0) is 24.6 Å². The SMILES string of the molecule is Cc1cc(C=O)ccc1C(N)=O. The molecule has 0 aliphatic heterocycles. The van der Waals surface area contributed by atoms with Gasteiger partial charge in [0.15, 0.2) is 0 Å². The number of primary amides is 1. The van der Waals surface area contributed by atoms with Gasteiger partial charge in [-0.25, -0.2) is 0 Å². The van der Waals surface area contributed by atoms with Crippen LogP contribution in [0.2, 0.25) is 0 Å². The molecule has 3 nitrogen and oxygen atoms in total. The largest absolute Gasteiger partial charge is 0.366 e. The van der Waals surface area contributed by atoms with E-state index in [1.807, 2.05) is 0 Å². The third-order valence-electron chi connectivity index (χ3n) is 1.65. The lowest BCUT2D eigenvalue weighted by Gasteiger charge is -2.00. The van der Waals surface area contributed by atoms with Crippen LogP contribution >= 0.6 is 0 Å². The van der Waals surface area contributed by atoms with Gasteiger partial charge in [0.25, 0.3) is 0 Å². The van der Waals surface area contributed by atoms with Crippen LogP contribution in [0.5, 0.6) is 0 Å². The zero-order valence-electron chi connectivity index (χ0n) is 6.70. The molecule has 0 atom stereocenters. The summed E-state index contributed by atoms with van der Waals surface area (Å²) in [6.07, 6.45) is 0.734. The van der Waals surface area contributed by atoms with Gasteiger partial charge in [-0.1, -0.05) is 6.07 Å². The summed E-state index contributed by atoms with van der Waals surface area (Å²) >= 11 is 0. The minimum atomic E-state index is -0.468. The van der Waals surface area contributed by atoms with Crippen molar-refractivity contribution in [1.82, 2.24) is 0 Å². The van der Waals surface area contributed by atoms with Crippen molar-refractivity contribution in [1.29, 1.82) is 0 Å². The normalized spacial score (nSPS) is 9.42. The fourth-order valence-electron chi connectivity index (χ4n) is 1.04. The highest BCUT2D eigenvalue weighted by Crippen LogP contribution is 2.08. The molecule has 1 rings (SSSR count). The third-order valence-corrected chi connectivity index (χ3v) is 1.65. The number of nitrogens with two attached hydrogens (primary N) is 1. The minimum Gasteiger partial charge on any atom is -0.366 e. The molecule has 1 aromatic rings. The summed E-state index contributed by atoms with van der Waals surface area (Å²) in [5, 5.41) is 0. The number of hydrogen-bond donors (Lipinski definition) is 1. The summed E-state index contributed by atoms with van der Waals surface area (Å²) in [7, 11) is 0. The first-order valence-corrected chi connectivity index (χ1v) is 3.51. The highest BCUT2D eigenvalue weighted by atomic mass is 16.1. The number of amides is 1. The molecule has 0 aliphatic carbocycles. The Morgan fingerprint density at radius 2 is 2.17 bits per heavy atom. The van der Waals surface area contributed by atoms with Gasteiger partial charge < -0.3 is 5.73 Å². The van der Waals surface area contributed by atoms with Crippen molar-refractivity contribution in [3.63, 3.8) is 0 Å². The molecule has 12 heavy (non-hydrogen) atoms. The van der Waals surface area contributed by atoms with Gasteiger partial charge >= 0.3 is 0 Å². The minimum absolute atomic E-state index is 0.459. The standard InChI is InChI=1S/C9H9NO2/c1-6-4-7(5-11)2-3-8(6)9(10)12/h2-5H,1H3,(H2,10,12). The summed E-state index contributed by atoms with van der Waals surface area (Å²) in [6.45, 7) is 1.74. The van der Waals surface area contributed by atoms with Crippen LogP contribution in [-0.4, -0.2) is 12.2 Å². The Labute approximate surface area is 70.2 Å². The highest BCUT2D eigenvalue weighted by Gasteiger charge is 2.03. The van der Waals surface area contributed by atoms with Gasteiger partial charge in [0, 0.05) is 11.1 Å². The first-order valence-electron chi connectivity index (χ1n) is 3.51. The second kappa shape index (κ2) is 3.17. The van der Waals surface area contributed by atoms with Gasteiger partial charge in [-0.3, -0.25) is 9.59 Å². The molecule has 0 aliphatic rings. The number of carbonyl (C=O) groups is 2. The van der Waals surface area contributed by atoms with Gasteiger partial charge in [0.05, 0.1) is 0 Å². The molecular formula is C9H9NO2. The Bertz CT molecular complexity index is 331. The molecule has 3 heteroatoms. The lowest BCUT2D eigenvalue weighted by atomic mass is 10.1. The number of benzene rings is 1. The number of aldehydes is 1. The maximum atomic E-state index is 10.8. The van der Waals surface area contributed by atoms with Crippen LogP contribution in [0, 0.1) is 6.92 Å². The molecule has 0 radical (unpaired) electrons. The second-order valence-corrected chi connectivity index (χ2v) is 2.56. The molecule has 0 fully saturated rings. The quantitative estimate of drug-likeness (QED) is 0.658. The van der Waals surface area contributed by atoms with E-state index in [2.05, 4.69) is 0 Å². The maximum Gasteiger partial charge on any atom is 0.248 e.